The first-order valence-corrected chi connectivity index (χ1v) is 6.51. The number of likely N-dealkylation sites (N-methyl/N-ethyl adjacent to an activating group) is 1. The molecule has 5 nitrogen and oxygen atoms in total. The molecule has 98 valence electrons. The summed E-state index contributed by atoms with van der Waals surface area (Å²) in [6.45, 7) is 12.5. The van der Waals surface area contributed by atoms with Crippen molar-refractivity contribution in [3.05, 3.63) is 0 Å². The van der Waals surface area contributed by atoms with E-state index in [1.807, 2.05) is 0 Å². The van der Waals surface area contributed by atoms with Crippen LogP contribution in [0, 0.1) is 5.41 Å². The van der Waals surface area contributed by atoms with Crippen molar-refractivity contribution in [3.63, 3.8) is 0 Å². The van der Waals surface area contributed by atoms with Crippen LogP contribution >= 0.6 is 0 Å². The molecule has 2 fully saturated rings. The molecule has 2 saturated heterocycles. The van der Waals surface area contributed by atoms with E-state index in [2.05, 4.69) is 23.6 Å². The molecule has 1 N–H and O–H groups in total. The maximum atomic E-state index is 10.7. The van der Waals surface area contributed by atoms with Gasteiger partial charge in [-0.1, -0.05) is 13.8 Å². The molecule has 1 spiro atoms. The van der Waals surface area contributed by atoms with E-state index >= 15 is 0 Å². The summed E-state index contributed by atoms with van der Waals surface area (Å²) in [4.78, 5) is 17.1. The van der Waals surface area contributed by atoms with Crippen molar-refractivity contribution >= 4 is 6.09 Å². The summed E-state index contributed by atoms with van der Waals surface area (Å²) in [6.07, 6.45) is -0.766. The molecule has 0 aromatic carbocycles. The van der Waals surface area contributed by atoms with E-state index in [9.17, 15) is 4.79 Å². The molecule has 2 rings (SSSR count). The van der Waals surface area contributed by atoms with Crippen LogP contribution in [0.2, 0.25) is 0 Å². The van der Waals surface area contributed by atoms with Gasteiger partial charge in [0.25, 0.3) is 0 Å². The average Bonchev–Trinajstić information content (AvgIpc) is 2.18. The van der Waals surface area contributed by atoms with Crippen LogP contribution in [0.4, 0.5) is 4.79 Å². The fourth-order valence-corrected chi connectivity index (χ4v) is 2.98. The number of likely N-dealkylation sites (tertiary alicyclic amines) is 2. The molecule has 2 aliphatic rings. The van der Waals surface area contributed by atoms with Crippen LogP contribution in [-0.2, 0) is 0 Å². The van der Waals surface area contributed by atoms with Crippen molar-refractivity contribution in [1.29, 1.82) is 0 Å². The van der Waals surface area contributed by atoms with Crippen LogP contribution < -0.4 is 0 Å². The lowest BCUT2D eigenvalue weighted by atomic mass is 9.73. The minimum atomic E-state index is -0.766. The summed E-state index contributed by atoms with van der Waals surface area (Å²) in [6, 6.07) is 0. The molecule has 0 radical (unpaired) electrons. The molecule has 0 aliphatic carbocycles. The number of hydrogen-bond acceptors (Lipinski definition) is 3. The van der Waals surface area contributed by atoms with Crippen molar-refractivity contribution in [1.82, 2.24) is 14.7 Å². The molecule has 1 amide bonds. The van der Waals surface area contributed by atoms with Crippen LogP contribution in [0.15, 0.2) is 0 Å². The van der Waals surface area contributed by atoms with Gasteiger partial charge in [-0.25, -0.2) is 4.79 Å². The smallest absolute Gasteiger partial charge is 0.407 e. The van der Waals surface area contributed by atoms with Crippen molar-refractivity contribution < 1.29 is 9.90 Å². The molecule has 0 aromatic heterocycles. The highest BCUT2D eigenvalue weighted by molar-refractivity contribution is 5.66. The van der Waals surface area contributed by atoms with Crippen LogP contribution in [0.3, 0.4) is 0 Å². The first kappa shape index (κ1) is 12.6. The molecule has 0 saturated carbocycles. The second-order valence-corrected chi connectivity index (χ2v) is 5.38. The molecule has 2 heterocycles. The Bertz CT molecular complexity index is 277. The first-order chi connectivity index (χ1) is 8.08. The maximum absolute atomic E-state index is 10.7. The lowest BCUT2D eigenvalue weighted by Gasteiger charge is -2.59. The molecule has 0 aromatic rings. The van der Waals surface area contributed by atoms with Gasteiger partial charge in [0.2, 0.25) is 0 Å². The predicted molar refractivity (Wildman–Crippen MR) is 66.3 cm³/mol. The third-order valence-corrected chi connectivity index (χ3v) is 4.07. The predicted octanol–water partition coefficient (Wildman–Crippen LogP) is 0.624. The van der Waals surface area contributed by atoms with Crippen LogP contribution in [-0.4, -0.2) is 78.3 Å². The SMILES string of the molecule is CCN(CC)CCN1CC2(C1)CN(C(=O)O)C2. The zero-order valence-electron chi connectivity index (χ0n) is 10.9. The minimum absolute atomic E-state index is 0.307. The molecule has 2 aliphatic heterocycles. The van der Waals surface area contributed by atoms with Gasteiger partial charge in [0.15, 0.2) is 0 Å². The van der Waals surface area contributed by atoms with Gasteiger partial charge in [-0.05, 0) is 13.1 Å². The number of amides is 1. The highest BCUT2D eigenvalue weighted by Gasteiger charge is 2.52. The number of hydrogen-bond donors (Lipinski definition) is 1. The van der Waals surface area contributed by atoms with Gasteiger partial charge in [-0.3, -0.25) is 0 Å². The number of carboxylic acid groups (broad SMARTS) is 1. The van der Waals surface area contributed by atoms with Gasteiger partial charge in [0.05, 0.1) is 0 Å². The topological polar surface area (TPSA) is 47.0 Å². The monoisotopic (exact) mass is 241 g/mol. The third kappa shape index (κ3) is 2.55. The van der Waals surface area contributed by atoms with E-state index in [0.717, 1.165) is 52.4 Å². The van der Waals surface area contributed by atoms with Gasteiger partial charge >= 0.3 is 6.09 Å². The van der Waals surface area contributed by atoms with Gasteiger partial charge < -0.3 is 19.8 Å². The van der Waals surface area contributed by atoms with Crippen molar-refractivity contribution in [2.75, 3.05) is 52.4 Å². The van der Waals surface area contributed by atoms with Gasteiger partial charge in [0, 0.05) is 44.7 Å². The van der Waals surface area contributed by atoms with Crippen LogP contribution in [0.25, 0.3) is 0 Å². The first-order valence-electron chi connectivity index (χ1n) is 6.51. The van der Waals surface area contributed by atoms with Crippen molar-refractivity contribution in [2.45, 2.75) is 13.8 Å². The molecule has 0 unspecified atom stereocenters. The van der Waals surface area contributed by atoms with Crippen LogP contribution in [0.1, 0.15) is 13.8 Å². The normalized spacial score (nSPS) is 22.6. The largest absolute Gasteiger partial charge is 0.465 e. The van der Waals surface area contributed by atoms with E-state index in [1.165, 1.54) is 4.90 Å². The fraction of sp³-hybridized carbons (Fsp3) is 0.917. The van der Waals surface area contributed by atoms with E-state index in [0.29, 0.717) is 5.41 Å². The summed E-state index contributed by atoms with van der Waals surface area (Å²) in [5.41, 5.74) is 0.307. The Kier molecular flexibility index (Phi) is 3.58. The van der Waals surface area contributed by atoms with Gasteiger partial charge in [0.1, 0.15) is 0 Å². The summed E-state index contributed by atoms with van der Waals surface area (Å²) in [5.74, 6) is 0. The highest BCUT2D eigenvalue weighted by atomic mass is 16.4. The summed E-state index contributed by atoms with van der Waals surface area (Å²) < 4.78 is 0. The Labute approximate surface area is 103 Å². The highest BCUT2D eigenvalue weighted by Crippen LogP contribution is 2.39. The second kappa shape index (κ2) is 4.82. The van der Waals surface area contributed by atoms with Crippen molar-refractivity contribution in [2.24, 2.45) is 5.41 Å². The lowest BCUT2D eigenvalue weighted by molar-refractivity contribution is -0.103. The minimum Gasteiger partial charge on any atom is -0.465 e. The Morgan fingerprint density at radius 3 is 2.29 bits per heavy atom. The van der Waals surface area contributed by atoms with Crippen LogP contribution in [0.5, 0.6) is 0 Å². The Morgan fingerprint density at radius 1 is 1.24 bits per heavy atom. The third-order valence-electron chi connectivity index (χ3n) is 4.07. The van der Waals surface area contributed by atoms with E-state index < -0.39 is 6.09 Å². The second-order valence-electron chi connectivity index (χ2n) is 5.38. The Morgan fingerprint density at radius 2 is 1.82 bits per heavy atom. The number of carbonyl (C=O) groups is 1. The Hall–Kier alpha value is -0.810. The molecule has 0 atom stereocenters. The fourth-order valence-electron chi connectivity index (χ4n) is 2.98. The van der Waals surface area contributed by atoms with E-state index in [-0.39, 0.29) is 0 Å². The average molecular weight is 241 g/mol. The zero-order chi connectivity index (χ0) is 12.5. The van der Waals surface area contributed by atoms with Crippen molar-refractivity contribution in [3.8, 4) is 0 Å². The van der Waals surface area contributed by atoms with Gasteiger partial charge in [-0.15, -0.1) is 0 Å². The van der Waals surface area contributed by atoms with E-state index in [1.54, 1.807) is 0 Å². The zero-order valence-corrected chi connectivity index (χ0v) is 10.9. The van der Waals surface area contributed by atoms with Gasteiger partial charge in [-0.2, -0.15) is 0 Å². The molecular formula is C12H23N3O2. The summed E-state index contributed by atoms with van der Waals surface area (Å²) in [5, 5.41) is 8.80. The lowest BCUT2D eigenvalue weighted by Crippen LogP contribution is -2.73. The Balaban J connectivity index is 1.62. The molecule has 17 heavy (non-hydrogen) atoms. The number of rotatable bonds is 5. The molecular weight excluding hydrogens is 218 g/mol. The summed E-state index contributed by atoms with van der Waals surface area (Å²) >= 11 is 0. The maximum Gasteiger partial charge on any atom is 0.407 e. The quantitative estimate of drug-likeness (QED) is 0.766. The standard InChI is InChI=1S/C12H23N3O2/c1-3-13(4-2)5-6-14-7-12(8-14)9-15(10-12)11(16)17/h3-10H2,1-2H3,(H,16,17). The molecule has 0 bridgehead atoms. The van der Waals surface area contributed by atoms with E-state index in [4.69, 9.17) is 5.11 Å². The summed E-state index contributed by atoms with van der Waals surface area (Å²) in [7, 11) is 0. The molecule has 5 heteroatoms. The number of nitrogens with zero attached hydrogens (tertiary/aromatic N) is 3.